The molecule has 206 valence electrons. The van der Waals surface area contributed by atoms with E-state index in [0.717, 1.165) is 36.4 Å². The molecule has 2 fully saturated rings. The molecule has 0 unspecified atom stereocenters. The van der Waals surface area contributed by atoms with Crippen LogP contribution in [0.25, 0.3) is 0 Å². The number of aliphatic hydroxyl groups is 1. The van der Waals surface area contributed by atoms with Gasteiger partial charge in [0.25, 0.3) is 5.91 Å². The fraction of sp³-hybridized carbons (Fsp3) is 0.615. The molecule has 2 heterocycles. The topological polar surface area (TPSA) is 130 Å². The van der Waals surface area contributed by atoms with Gasteiger partial charge < -0.3 is 21.1 Å². The summed E-state index contributed by atoms with van der Waals surface area (Å²) in [6.07, 6.45) is 8.93. The van der Waals surface area contributed by atoms with Crippen LogP contribution in [0.5, 0.6) is 0 Å². The minimum Gasteiger partial charge on any atom is -0.390 e. The lowest BCUT2D eigenvalue weighted by Gasteiger charge is -2.47. The lowest BCUT2D eigenvalue weighted by atomic mass is 9.95. The van der Waals surface area contributed by atoms with E-state index >= 15 is 0 Å². The molecule has 1 aliphatic heterocycles. The average Bonchev–Trinajstić information content (AvgIpc) is 3.40. The van der Waals surface area contributed by atoms with Crippen LogP contribution in [0, 0.1) is 0 Å². The number of nitrogens with zero attached hydrogens (tertiary/aromatic N) is 2. The number of nitrogens with one attached hydrogen (secondary N) is 3. The van der Waals surface area contributed by atoms with Crippen molar-refractivity contribution in [2.75, 3.05) is 35.0 Å². The lowest BCUT2D eigenvalue weighted by molar-refractivity contribution is 0.0821. The van der Waals surface area contributed by atoms with Crippen LogP contribution in [0.1, 0.15) is 67.2 Å². The third kappa shape index (κ3) is 7.81. The first-order valence-corrected chi connectivity index (χ1v) is 15.9. The predicted octanol–water partition coefficient (Wildman–Crippen LogP) is 4.47. The predicted molar refractivity (Wildman–Crippen MR) is 153 cm³/mol. The van der Waals surface area contributed by atoms with Gasteiger partial charge >= 0.3 is 0 Å². The van der Waals surface area contributed by atoms with Crippen LogP contribution in [0.15, 0.2) is 29.8 Å². The van der Waals surface area contributed by atoms with E-state index in [-0.39, 0.29) is 5.91 Å². The third-order valence-electron chi connectivity index (χ3n) is 7.11. The standard InChI is InChI=1S/C26H41N5O4S2/c1-2-27-21-14-19(15-22(16-21)31-11-6-7-13-37(31,34)35)26(33)30-23(17-25-28-10-12-36-25)24(32)18-29-20-8-4-3-5-9-20/h10,12,14-16,20,23-24,27,29,32,34-35H,2-9,11,13,17-18H2,1H3,(H,30,33)/t23-,24-/m0/s1. The zero-order valence-corrected chi connectivity index (χ0v) is 23.2. The van der Waals surface area contributed by atoms with Crippen molar-refractivity contribution in [2.24, 2.45) is 0 Å². The largest absolute Gasteiger partial charge is 0.390 e. The molecule has 9 nitrogen and oxygen atoms in total. The zero-order chi connectivity index (χ0) is 26.3. The first kappa shape index (κ1) is 28.1. The van der Waals surface area contributed by atoms with E-state index in [4.69, 9.17) is 0 Å². The van der Waals surface area contributed by atoms with Crippen LogP contribution in [0.3, 0.4) is 0 Å². The van der Waals surface area contributed by atoms with Gasteiger partial charge in [-0.15, -0.1) is 22.1 Å². The van der Waals surface area contributed by atoms with Gasteiger partial charge in [0.2, 0.25) is 0 Å². The van der Waals surface area contributed by atoms with E-state index in [1.165, 1.54) is 30.6 Å². The fourth-order valence-corrected chi connectivity index (χ4v) is 7.46. The van der Waals surface area contributed by atoms with Crippen molar-refractivity contribution in [3.8, 4) is 0 Å². The normalized spacial score (nSPS) is 20.7. The van der Waals surface area contributed by atoms with Gasteiger partial charge in [0.05, 0.1) is 28.6 Å². The molecular weight excluding hydrogens is 510 g/mol. The maximum absolute atomic E-state index is 13.5. The second kappa shape index (κ2) is 13.3. The van der Waals surface area contributed by atoms with Gasteiger partial charge in [0.15, 0.2) is 0 Å². The second-order valence-electron chi connectivity index (χ2n) is 9.96. The molecule has 4 rings (SSSR count). The van der Waals surface area contributed by atoms with Crippen molar-refractivity contribution in [2.45, 2.75) is 76.5 Å². The van der Waals surface area contributed by atoms with Crippen LogP contribution >= 0.6 is 22.1 Å². The van der Waals surface area contributed by atoms with Crippen LogP contribution < -0.4 is 20.3 Å². The molecule has 11 heteroatoms. The summed E-state index contributed by atoms with van der Waals surface area (Å²) in [6.45, 7) is 3.56. The molecule has 1 saturated carbocycles. The molecule has 0 spiro atoms. The van der Waals surface area contributed by atoms with Gasteiger partial charge in [-0.1, -0.05) is 19.3 Å². The molecule has 0 radical (unpaired) electrons. The number of rotatable bonds is 11. The van der Waals surface area contributed by atoms with E-state index in [1.807, 2.05) is 18.4 Å². The summed E-state index contributed by atoms with van der Waals surface area (Å²) in [5.74, 6) is 0.0171. The summed E-state index contributed by atoms with van der Waals surface area (Å²) < 4.78 is 23.0. The zero-order valence-electron chi connectivity index (χ0n) is 21.6. The Bertz CT molecular complexity index is 1000. The fourth-order valence-electron chi connectivity index (χ4n) is 5.11. The maximum Gasteiger partial charge on any atom is 0.251 e. The molecule has 37 heavy (non-hydrogen) atoms. The number of carbonyl (C=O) groups excluding carboxylic acids is 1. The van der Waals surface area contributed by atoms with E-state index < -0.39 is 22.9 Å². The molecule has 1 aliphatic carbocycles. The Kier molecular flexibility index (Phi) is 10.1. The lowest BCUT2D eigenvalue weighted by Crippen LogP contribution is -2.50. The van der Waals surface area contributed by atoms with E-state index in [9.17, 15) is 19.0 Å². The average molecular weight is 552 g/mol. The molecule has 2 atom stereocenters. The number of hydrogen-bond acceptors (Lipinski definition) is 9. The number of hydrogen-bond donors (Lipinski definition) is 6. The Morgan fingerprint density at radius 2 is 2.00 bits per heavy atom. The molecule has 6 N–H and O–H groups in total. The summed E-state index contributed by atoms with van der Waals surface area (Å²) in [5, 5.41) is 23.7. The Labute approximate surface area is 225 Å². The smallest absolute Gasteiger partial charge is 0.251 e. The van der Waals surface area contributed by atoms with Crippen molar-refractivity contribution < 1.29 is 19.0 Å². The SMILES string of the molecule is CCNc1cc(C(=O)N[C@@H](Cc2nccs2)[C@@H](O)CNC2CCCCC2)cc(N2CCCCS2(O)O)c1. The Hall–Kier alpha value is -1.89. The van der Waals surface area contributed by atoms with Gasteiger partial charge in [0.1, 0.15) is 0 Å². The highest BCUT2D eigenvalue weighted by atomic mass is 32.3. The summed E-state index contributed by atoms with van der Waals surface area (Å²) in [4.78, 5) is 17.9. The van der Waals surface area contributed by atoms with Crippen LogP contribution in [-0.4, -0.2) is 68.7 Å². The summed E-state index contributed by atoms with van der Waals surface area (Å²) >= 11 is 1.50. The maximum atomic E-state index is 13.5. The molecule has 1 amide bonds. The van der Waals surface area contributed by atoms with Gasteiger partial charge in [-0.2, -0.15) is 0 Å². The van der Waals surface area contributed by atoms with Crippen molar-refractivity contribution in [3.63, 3.8) is 0 Å². The quantitative estimate of drug-likeness (QED) is 0.241. The first-order chi connectivity index (χ1) is 17.9. The van der Waals surface area contributed by atoms with E-state index in [0.29, 0.717) is 49.1 Å². The highest BCUT2D eigenvalue weighted by Crippen LogP contribution is 2.50. The molecule has 0 bridgehead atoms. The Morgan fingerprint density at radius 3 is 2.70 bits per heavy atom. The molecular formula is C26H41N5O4S2. The number of thiazole rings is 1. The van der Waals surface area contributed by atoms with Crippen molar-refractivity contribution >= 4 is 39.4 Å². The molecule has 1 aromatic carbocycles. The summed E-state index contributed by atoms with van der Waals surface area (Å²) in [5.41, 5.74) is 1.76. The summed E-state index contributed by atoms with van der Waals surface area (Å²) in [7, 11) is -2.92. The molecule has 1 aromatic heterocycles. The van der Waals surface area contributed by atoms with Crippen LogP contribution in [0.2, 0.25) is 0 Å². The van der Waals surface area contributed by atoms with Crippen molar-refractivity contribution in [1.29, 1.82) is 0 Å². The number of benzene rings is 1. The highest BCUT2D eigenvalue weighted by Gasteiger charge is 2.29. The van der Waals surface area contributed by atoms with Gasteiger partial charge in [-0.05, 0) is 50.8 Å². The minimum atomic E-state index is -2.92. The number of aliphatic hydroxyl groups excluding tert-OH is 1. The van der Waals surface area contributed by atoms with Gasteiger partial charge in [-0.3, -0.25) is 18.2 Å². The second-order valence-corrected chi connectivity index (χ2v) is 13.1. The molecule has 2 aromatic rings. The van der Waals surface area contributed by atoms with Gasteiger partial charge in [-0.25, -0.2) is 4.98 Å². The van der Waals surface area contributed by atoms with E-state index in [2.05, 4.69) is 20.9 Å². The van der Waals surface area contributed by atoms with Crippen LogP contribution in [0.4, 0.5) is 11.4 Å². The molecule has 2 aliphatic rings. The Balaban J connectivity index is 1.52. The summed E-state index contributed by atoms with van der Waals surface area (Å²) in [6, 6.07) is 5.23. The van der Waals surface area contributed by atoms with E-state index in [1.54, 1.807) is 22.6 Å². The van der Waals surface area contributed by atoms with Crippen molar-refractivity contribution in [3.05, 3.63) is 40.3 Å². The third-order valence-corrected chi connectivity index (χ3v) is 9.85. The number of carbonyl (C=O) groups is 1. The number of aromatic nitrogens is 1. The first-order valence-electron chi connectivity index (χ1n) is 13.4. The van der Waals surface area contributed by atoms with Crippen LogP contribution in [-0.2, 0) is 6.42 Å². The Morgan fingerprint density at radius 1 is 1.19 bits per heavy atom. The van der Waals surface area contributed by atoms with Crippen molar-refractivity contribution in [1.82, 2.24) is 15.6 Å². The minimum absolute atomic E-state index is 0.312. The van der Waals surface area contributed by atoms with Gasteiger partial charge in [0, 0.05) is 54.9 Å². The number of anilines is 2. The molecule has 1 saturated heterocycles. The highest BCUT2D eigenvalue weighted by molar-refractivity contribution is 8.25. The number of amides is 1. The monoisotopic (exact) mass is 551 g/mol.